The van der Waals surface area contributed by atoms with E-state index in [0.717, 1.165) is 6.42 Å². The Morgan fingerprint density at radius 2 is 1.38 bits per heavy atom. The minimum atomic E-state index is -0.398. The summed E-state index contributed by atoms with van der Waals surface area (Å²) in [4.78, 5) is 23.6. The Kier molecular flexibility index (Phi) is 6.38. The lowest BCUT2D eigenvalue weighted by atomic mass is 9.88. The van der Waals surface area contributed by atoms with Crippen molar-refractivity contribution >= 4 is 5.78 Å². The first-order chi connectivity index (χ1) is 12.1. The summed E-state index contributed by atoms with van der Waals surface area (Å²) in [6.45, 7) is 12.1. The fourth-order valence-electron chi connectivity index (χ4n) is 2.85. The molecule has 0 bridgehead atoms. The minimum absolute atomic E-state index is 0.0482. The summed E-state index contributed by atoms with van der Waals surface area (Å²) >= 11 is 0. The van der Waals surface area contributed by atoms with Gasteiger partial charge in [0.15, 0.2) is 5.78 Å². The molecule has 0 spiro atoms. The standard InChI is InChI=1S/C23H30O3/c1-17(16-23(5,6)26-25-22(2,3)4)18-12-14-20(15-13-18)21(24)19-10-8-7-9-11-19/h7-15,17H,16H2,1-6H3. The molecule has 0 saturated heterocycles. The van der Waals surface area contributed by atoms with Crippen molar-refractivity contribution in [1.29, 1.82) is 0 Å². The molecule has 2 aromatic rings. The highest BCUT2D eigenvalue weighted by molar-refractivity contribution is 6.08. The molecule has 140 valence electrons. The van der Waals surface area contributed by atoms with Gasteiger partial charge >= 0.3 is 0 Å². The highest BCUT2D eigenvalue weighted by atomic mass is 17.2. The Morgan fingerprint density at radius 3 is 1.92 bits per heavy atom. The molecule has 0 saturated carbocycles. The van der Waals surface area contributed by atoms with E-state index in [-0.39, 0.29) is 17.3 Å². The van der Waals surface area contributed by atoms with Crippen LogP contribution in [0.1, 0.15) is 75.4 Å². The second kappa shape index (κ2) is 8.15. The molecule has 3 nitrogen and oxygen atoms in total. The fraction of sp³-hybridized carbons (Fsp3) is 0.435. The molecule has 0 radical (unpaired) electrons. The molecule has 0 aliphatic carbocycles. The molecule has 0 aromatic heterocycles. The molecule has 2 rings (SSSR count). The maximum atomic E-state index is 12.5. The largest absolute Gasteiger partial charge is 0.289 e. The van der Waals surface area contributed by atoms with Gasteiger partial charge in [-0.1, -0.05) is 61.5 Å². The zero-order valence-electron chi connectivity index (χ0n) is 16.7. The molecule has 0 aliphatic heterocycles. The number of ketones is 1. The quantitative estimate of drug-likeness (QED) is 0.351. The van der Waals surface area contributed by atoms with Crippen LogP contribution in [0.2, 0.25) is 0 Å². The lowest BCUT2D eigenvalue weighted by molar-refractivity contribution is -0.398. The molecule has 0 heterocycles. The lowest BCUT2D eigenvalue weighted by Gasteiger charge is -2.30. The molecule has 0 fully saturated rings. The molecule has 26 heavy (non-hydrogen) atoms. The van der Waals surface area contributed by atoms with Gasteiger partial charge in [0.25, 0.3) is 0 Å². The van der Waals surface area contributed by atoms with Gasteiger partial charge in [0.05, 0.1) is 11.2 Å². The molecule has 0 aliphatic rings. The summed E-state index contributed by atoms with van der Waals surface area (Å²) in [5, 5.41) is 0. The summed E-state index contributed by atoms with van der Waals surface area (Å²) < 4.78 is 0. The first-order valence-corrected chi connectivity index (χ1v) is 9.14. The molecule has 2 aromatic carbocycles. The summed E-state index contributed by atoms with van der Waals surface area (Å²) in [6.07, 6.45) is 0.815. The third-order valence-electron chi connectivity index (χ3n) is 4.09. The van der Waals surface area contributed by atoms with Crippen molar-refractivity contribution in [3.63, 3.8) is 0 Å². The van der Waals surface area contributed by atoms with Crippen molar-refractivity contribution in [2.45, 2.75) is 65.1 Å². The molecule has 0 amide bonds. The van der Waals surface area contributed by atoms with Crippen LogP contribution in [0.4, 0.5) is 0 Å². The molecule has 0 N–H and O–H groups in total. The van der Waals surface area contributed by atoms with E-state index in [9.17, 15) is 4.79 Å². The third-order valence-corrected chi connectivity index (χ3v) is 4.09. The fourth-order valence-corrected chi connectivity index (χ4v) is 2.85. The molecular formula is C23H30O3. The van der Waals surface area contributed by atoms with Crippen LogP contribution in [0, 0.1) is 0 Å². The van der Waals surface area contributed by atoms with Gasteiger partial charge in [0.1, 0.15) is 0 Å². The van der Waals surface area contributed by atoms with Gasteiger partial charge in [-0.05, 0) is 52.5 Å². The van der Waals surface area contributed by atoms with E-state index in [4.69, 9.17) is 9.78 Å². The number of hydrogen-bond donors (Lipinski definition) is 0. The number of hydrogen-bond acceptors (Lipinski definition) is 3. The van der Waals surface area contributed by atoms with E-state index in [1.165, 1.54) is 5.56 Å². The zero-order valence-corrected chi connectivity index (χ0v) is 16.7. The summed E-state index contributed by atoms with van der Waals surface area (Å²) in [5.41, 5.74) is 1.87. The van der Waals surface area contributed by atoms with Crippen molar-refractivity contribution < 1.29 is 14.6 Å². The van der Waals surface area contributed by atoms with Crippen LogP contribution in [0.5, 0.6) is 0 Å². The predicted molar refractivity (Wildman–Crippen MR) is 105 cm³/mol. The normalized spacial score (nSPS) is 13.5. The van der Waals surface area contributed by atoms with Crippen molar-refractivity contribution in [1.82, 2.24) is 0 Å². The van der Waals surface area contributed by atoms with Crippen LogP contribution in [-0.2, 0) is 9.78 Å². The van der Waals surface area contributed by atoms with Crippen molar-refractivity contribution in [3.05, 3.63) is 71.3 Å². The lowest BCUT2D eigenvalue weighted by Crippen LogP contribution is -2.31. The molecular weight excluding hydrogens is 324 g/mol. The van der Waals surface area contributed by atoms with Crippen LogP contribution in [0.3, 0.4) is 0 Å². The number of carbonyl (C=O) groups excluding carboxylic acids is 1. The Labute approximate surface area is 157 Å². The van der Waals surface area contributed by atoms with E-state index in [1.54, 1.807) is 0 Å². The third kappa shape index (κ3) is 6.08. The summed E-state index contributed by atoms with van der Waals surface area (Å²) in [6, 6.07) is 17.2. The van der Waals surface area contributed by atoms with Gasteiger partial charge in [0.2, 0.25) is 0 Å². The summed E-state index contributed by atoms with van der Waals surface area (Å²) in [5.74, 6) is 0.335. The van der Waals surface area contributed by atoms with Crippen LogP contribution < -0.4 is 0 Å². The van der Waals surface area contributed by atoms with Crippen LogP contribution >= 0.6 is 0 Å². The Morgan fingerprint density at radius 1 is 0.846 bits per heavy atom. The van der Waals surface area contributed by atoms with Crippen molar-refractivity contribution in [2.75, 3.05) is 0 Å². The van der Waals surface area contributed by atoms with Gasteiger partial charge in [-0.3, -0.25) is 4.79 Å². The SMILES string of the molecule is CC(CC(C)(C)OOC(C)(C)C)c1ccc(C(=O)c2ccccc2)cc1. The van der Waals surface area contributed by atoms with Crippen molar-refractivity contribution in [3.8, 4) is 0 Å². The smallest absolute Gasteiger partial charge is 0.193 e. The first-order valence-electron chi connectivity index (χ1n) is 9.14. The Balaban J connectivity index is 2.02. The van der Waals surface area contributed by atoms with E-state index in [1.807, 2.05) is 89.2 Å². The maximum absolute atomic E-state index is 12.5. The second-order valence-corrected chi connectivity index (χ2v) is 8.46. The van der Waals surface area contributed by atoms with E-state index >= 15 is 0 Å². The van der Waals surface area contributed by atoms with E-state index < -0.39 is 5.60 Å². The van der Waals surface area contributed by atoms with Crippen LogP contribution in [0.25, 0.3) is 0 Å². The van der Waals surface area contributed by atoms with Crippen LogP contribution in [-0.4, -0.2) is 17.0 Å². The Hall–Kier alpha value is -1.97. The monoisotopic (exact) mass is 354 g/mol. The molecule has 3 heteroatoms. The number of benzene rings is 2. The number of rotatable bonds is 7. The zero-order chi connectivity index (χ0) is 19.4. The van der Waals surface area contributed by atoms with Gasteiger partial charge < -0.3 is 0 Å². The topological polar surface area (TPSA) is 35.5 Å². The highest BCUT2D eigenvalue weighted by Crippen LogP contribution is 2.29. The van der Waals surface area contributed by atoms with E-state index in [2.05, 4.69) is 6.92 Å². The second-order valence-electron chi connectivity index (χ2n) is 8.46. The predicted octanol–water partition coefficient (Wildman–Crippen LogP) is 5.94. The summed E-state index contributed by atoms with van der Waals surface area (Å²) in [7, 11) is 0. The Bertz CT molecular complexity index is 709. The molecule has 1 atom stereocenters. The average molecular weight is 354 g/mol. The van der Waals surface area contributed by atoms with Gasteiger partial charge in [-0.15, -0.1) is 0 Å². The highest BCUT2D eigenvalue weighted by Gasteiger charge is 2.26. The van der Waals surface area contributed by atoms with E-state index in [0.29, 0.717) is 11.1 Å². The van der Waals surface area contributed by atoms with Gasteiger partial charge in [0, 0.05) is 11.1 Å². The van der Waals surface area contributed by atoms with Crippen molar-refractivity contribution in [2.24, 2.45) is 0 Å². The maximum Gasteiger partial charge on any atom is 0.193 e. The molecule has 1 unspecified atom stereocenters. The van der Waals surface area contributed by atoms with Crippen LogP contribution in [0.15, 0.2) is 54.6 Å². The average Bonchev–Trinajstić information content (AvgIpc) is 2.59. The van der Waals surface area contributed by atoms with Gasteiger partial charge in [-0.25, -0.2) is 9.78 Å². The van der Waals surface area contributed by atoms with Gasteiger partial charge in [-0.2, -0.15) is 0 Å². The number of carbonyl (C=O) groups is 1. The first kappa shape index (κ1) is 20.3. The minimum Gasteiger partial charge on any atom is -0.289 e.